The number of carboxylic acids is 1. The van der Waals surface area contributed by atoms with Crippen molar-refractivity contribution in [1.82, 2.24) is 10.2 Å². The molecular formula is C12H20N2O4S. The first-order chi connectivity index (χ1) is 9.11. The van der Waals surface area contributed by atoms with E-state index in [2.05, 4.69) is 12.2 Å². The van der Waals surface area contributed by atoms with E-state index in [-0.39, 0.29) is 19.2 Å². The predicted molar refractivity (Wildman–Crippen MR) is 72.4 cm³/mol. The molecule has 2 aliphatic heterocycles. The molecule has 7 heteroatoms. The van der Waals surface area contributed by atoms with E-state index in [1.54, 1.807) is 4.90 Å². The number of nitrogens with one attached hydrogen (secondary N) is 1. The van der Waals surface area contributed by atoms with Crippen LogP contribution in [-0.2, 0) is 9.53 Å². The van der Waals surface area contributed by atoms with Gasteiger partial charge in [-0.1, -0.05) is 6.92 Å². The monoisotopic (exact) mass is 288 g/mol. The molecule has 0 spiro atoms. The highest BCUT2D eigenvalue weighted by Gasteiger charge is 2.36. The highest BCUT2D eigenvalue weighted by Crippen LogP contribution is 2.21. The van der Waals surface area contributed by atoms with E-state index in [0.717, 1.165) is 25.3 Å². The zero-order valence-corrected chi connectivity index (χ0v) is 11.8. The molecule has 2 aliphatic rings. The van der Waals surface area contributed by atoms with Crippen LogP contribution in [0.2, 0.25) is 0 Å². The van der Waals surface area contributed by atoms with E-state index >= 15 is 0 Å². The number of nitrogens with zero attached hydrogens (tertiary/aromatic N) is 1. The van der Waals surface area contributed by atoms with Gasteiger partial charge in [0.25, 0.3) is 0 Å². The average molecular weight is 288 g/mol. The Morgan fingerprint density at radius 2 is 2.26 bits per heavy atom. The van der Waals surface area contributed by atoms with Crippen LogP contribution in [0.1, 0.15) is 13.3 Å². The lowest BCUT2D eigenvalue weighted by Crippen LogP contribution is -2.52. The summed E-state index contributed by atoms with van der Waals surface area (Å²) < 4.78 is 5.14. The van der Waals surface area contributed by atoms with Crippen molar-refractivity contribution < 1.29 is 19.4 Å². The Morgan fingerprint density at radius 3 is 2.95 bits per heavy atom. The Hall–Kier alpha value is -0.950. The van der Waals surface area contributed by atoms with Crippen LogP contribution in [-0.4, -0.2) is 65.4 Å². The molecule has 2 amide bonds. The molecule has 2 rings (SSSR count). The van der Waals surface area contributed by atoms with Crippen LogP contribution in [0.3, 0.4) is 0 Å². The van der Waals surface area contributed by atoms with Crippen LogP contribution >= 0.6 is 11.8 Å². The first-order valence-electron chi connectivity index (χ1n) is 6.59. The van der Waals surface area contributed by atoms with Gasteiger partial charge in [0.15, 0.2) is 0 Å². The second kappa shape index (κ2) is 6.47. The molecule has 0 bridgehead atoms. The molecule has 0 aliphatic carbocycles. The smallest absolute Gasteiger partial charge is 0.317 e. The molecule has 0 aromatic carbocycles. The van der Waals surface area contributed by atoms with Crippen LogP contribution in [0.4, 0.5) is 4.79 Å². The number of aliphatic carboxylic acids is 1. The number of hydrogen-bond donors (Lipinski definition) is 2. The van der Waals surface area contributed by atoms with Crippen LogP contribution in [0.25, 0.3) is 0 Å². The number of thioether (sulfide) groups is 1. The Bertz CT molecular complexity index is 353. The molecule has 0 radical (unpaired) electrons. The van der Waals surface area contributed by atoms with Crippen molar-refractivity contribution in [3.05, 3.63) is 0 Å². The molecule has 108 valence electrons. The number of carbonyl (C=O) groups excluding carboxylic acids is 1. The lowest BCUT2D eigenvalue weighted by Gasteiger charge is -2.33. The largest absolute Gasteiger partial charge is 0.481 e. The molecule has 0 saturated carbocycles. The van der Waals surface area contributed by atoms with Gasteiger partial charge in [0.2, 0.25) is 0 Å². The summed E-state index contributed by atoms with van der Waals surface area (Å²) in [6.45, 7) is 4.02. The lowest BCUT2D eigenvalue weighted by atomic mass is 10.0. The van der Waals surface area contributed by atoms with Crippen LogP contribution < -0.4 is 5.32 Å². The predicted octanol–water partition coefficient (Wildman–Crippen LogP) is 0.623. The van der Waals surface area contributed by atoms with Gasteiger partial charge in [-0.15, -0.1) is 0 Å². The van der Waals surface area contributed by atoms with Crippen molar-refractivity contribution >= 4 is 23.8 Å². The average Bonchev–Trinajstić information content (AvgIpc) is 2.87. The zero-order valence-electron chi connectivity index (χ0n) is 11.0. The first-order valence-corrected chi connectivity index (χ1v) is 7.64. The zero-order chi connectivity index (χ0) is 13.8. The molecule has 0 aromatic rings. The summed E-state index contributed by atoms with van der Waals surface area (Å²) in [7, 11) is 0. The molecule has 0 aromatic heterocycles. The van der Waals surface area contributed by atoms with Gasteiger partial charge in [0, 0.05) is 24.1 Å². The number of urea groups is 1. The van der Waals surface area contributed by atoms with Gasteiger partial charge in [-0.2, -0.15) is 11.8 Å². The van der Waals surface area contributed by atoms with Crippen LogP contribution in [0, 0.1) is 5.92 Å². The lowest BCUT2D eigenvalue weighted by molar-refractivity contribution is -0.142. The third-order valence-electron chi connectivity index (χ3n) is 3.59. The van der Waals surface area contributed by atoms with Gasteiger partial charge in [-0.25, -0.2) is 4.79 Å². The van der Waals surface area contributed by atoms with E-state index < -0.39 is 17.9 Å². The second-order valence-electron chi connectivity index (χ2n) is 4.89. The molecule has 2 heterocycles. The minimum atomic E-state index is -0.913. The van der Waals surface area contributed by atoms with E-state index in [1.807, 2.05) is 11.8 Å². The molecule has 19 heavy (non-hydrogen) atoms. The molecule has 2 N–H and O–H groups in total. The second-order valence-corrected chi connectivity index (χ2v) is 6.29. The van der Waals surface area contributed by atoms with Crippen molar-refractivity contribution in [2.45, 2.75) is 24.6 Å². The third kappa shape index (κ3) is 3.54. The van der Waals surface area contributed by atoms with Crippen molar-refractivity contribution in [2.75, 3.05) is 32.1 Å². The molecule has 3 atom stereocenters. The number of rotatable bonds is 3. The number of amides is 2. The number of carbonyl (C=O) groups is 2. The Morgan fingerprint density at radius 1 is 1.47 bits per heavy atom. The van der Waals surface area contributed by atoms with Crippen LogP contribution in [0.15, 0.2) is 0 Å². The summed E-state index contributed by atoms with van der Waals surface area (Å²) in [6, 6.07) is -0.583. The highest BCUT2D eigenvalue weighted by atomic mass is 32.2. The van der Waals surface area contributed by atoms with Gasteiger partial charge in [-0.3, -0.25) is 4.79 Å². The number of ether oxygens (including phenoxy) is 1. The summed E-state index contributed by atoms with van der Waals surface area (Å²) in [6.07, 6.45) is 1.04. The minimum Gasteiger partial charge on any atom is -0.481 e. The summed E-state index contributed by atoms with van der Waals surface area (Å²) >= 11 is 1.89. The fourth-order valence-electron chi connectivity index (χ4n) is 2.34. The fourth-order valence-corrected chi connectivity index (χ4v) is 3.52. The van der Waals surface area contributed by atoms with Crippen molar-refractivity contribution in [1.29, 1.82) is 0 Å². The van der Waals surface area contributed by atoms with Crippen LogP contribution in [0.5, 0.6) is 0 Å². The molecule has 2 saturated heterocycles. The van der Waals surface area contributed by atoms with Gasteiger partial charge >= 0.3 is 12.0 Å². The van der Waals surface area contributed by atoms with Crippen molar-refractivity contribution in [3.63, 3.8) is 0 Å². The van der Waals surface area contributed by atoms with Gasteiger partial charge in [0.1, 0.15) is 5.92 Å². The van der Waals surface area contributed by atoms with Crippen molar-refractivity contribution in [2.24, 2.45) is 5.92 Å². The van der Waals surface area contributed by atoms with E-state index in [4.69, 9.17) is 9.84 Å². The Labute approximate surface area is 116 Å². The maximum atomic E-state index is 12.1. The summed E-state index contributed by atoms with van der Waals surface area (Å²) in [5, 5.41) is 12.3. The van der Waals surface area contributed by atoms with Gasteiger partial charge < -0.3 is 20.1 Å². The quantitative estimate of drug-likeness (QED) is 0.796. The molecule has 2 fully saturated rings. The maximum Gasteiger partial charge on any atom is 0.317 e. The normalized spacial score (nSPS) is 31.2. The van der Waals surface area contributed by atoms with E-state index in [9.17, 15) is 9.59 Å². The molecule has 6 nitrogen and oxygen atoms in total. The van der Waals surface area contributed by atoms with E-state index in [0.29, 0.717) is 5.25 Å². The van der Waals surface area contributed by atoms with Gasteiger partial charge in [0.05, 0.1) is 19.3 Å². The Kier molecular flexibility index (Phi) is 4.93. The summed E-state index contributed by atoms with van der Waals surface area (Å²) in [5.41, 5.74) is 0. The fraction of sp³-hybridized carbons (Fsp3) is 0.833. The first kappa shape index (κ1) is 14.5. The summed E-state index contributed by atoms with van der Waals surface area (Å²) in [5.74, 6) is -0.608. The van der Waals surface area contributed by atoms with Crippen molar-refractivity contribution in [3.8, 4) is 0 Å². The summed E-state index contributed by atoms with van der Waals surface area (Å²) in [4.78, 5) is 24.9. The molecule has 3 unspecified atom stereocenters. The van der Waals surface area contributed by atoms with Gasteiger partial charge in [-0.05, 0) is 6.42 Å². The number of carboxylic acid groups (broad SMARTS) is 1. The minimum absolute atomic E-state index is 0.166. The highest BCUT2D eigenvalue weighted by molar-refractivity contribution is 8.00. The third-order valence-corrected chi connectivity index (χ3v) is 4.96. The topological polar surface area (TPSA) is 78.9 Å². The number of hydrogen-bond acceptors (Lipinski definition) is 4. The van der Waals surface area contributed by atoms with E-state index in [1.165, 1.54) is 0 Å². The SMILES string of the molecule is CCC1CN(C(=O)NC2COCC2C(=O)O)CCS1. The Balaban J connectivity index is 1.88. The maximum absolute atomic E-state index is 12.1. The standard InChI is InChI=1S/C12H20N2O4S/c1-2-8-5-14(3-4-19-8)12(17)13-10-7-18-6-9(10)11(15)16/h8-10H,2-7H2,1H3,(H,13,17)(H,15,16). The molecular weight excluding hydrogens is 268 g/mol.